The molecule has 9 heteroatoms. The Balaban J connectivity index is 1.44. The van der Waals surface area contributed by atoms with Gasteiger partial charge in [0.25, 0.3) is 0 Å². The van der Waals surface area contributed by atoms with Gasteiger partial charge < -0.3 is 14.8 Å². The van der Waals surface area contributed by atoms with Crippen molar-refractivity contribution in [3.63, 3.8) is 0 Å². The molecule has 154 valence electrons. The van der Waals surface area contributed by atoms with E-state index in [-0.39, 0.29) is 0 Å². The van der Waals surface area contributed by atoms with E-state index in [4.69, 9.17) is 0 Å². The van der Waals surface area contributed by atoms with Gasteiger partial charge >= 0.3 is 0 Å². The van der Waals surface area contributed by atoms with Crippen LogP contribution >= 0.6 is 0 Å². The largest absolute Gasteiger partial charge is 0.368 e. The predicted molar refractivity (Wildman–Crippen MR) is 120 cm³/mol. The number of likely N-dealkylation sites (N-methyl/N-ethyl adjacent to an activating group) is 1. The summed E-state index contributed by atoms with van der Waals surface area (Å²) in [6, 6.07) is 6.33. The van der Waals surface area contributed by atoms with Crippen LogP contribution < -0.4 is 4.90 Å². The number of rotatable bonds is 3. The van der Waals surface area contributed by atoms with Gasteiger partial charge in [-0.15, -0.1) is 0 Å². The minimum absolute atomic E-state index is 0.668. The van der Waals surface area contributed by atoms with E-state index in [1.54, 1.807) is 18.6 Å². The van der Waals surface area contributed by atoms with Gasteiger partial charge in [0.15, 0.2) is 5.65 Å². The first kappa shape index (κ1) is 18.0. The van der Waals surface area contributed by atoms with Gasteiger partial charge in [0.05, 0.1) is 11.4 Å². The summed E-state index contributed by atoms with van der Waals surface area (Å²) in [6.45, 7) is 4.14. The number of hydrogen-bond acceptors (Lipinski definition) is 7. The SMILES string of the molecule is CN1CCN(c2ccnc3[nH]c(-c4[nH]nc5ncc(-c6cncnc6)cc45)cc23)CC1. The molecule has 2 N–H and O–H groups in total. The number of fused-ring (bicyclic) bond motifs is 2. The van der Waals surface area contributed by atoms with E-state index in [0.717, 1.165) is 65.1 Å². The standard InChI is InChI=1S/C22H21N9/c1-30-4-6-31(7-5-30)19-2-3-25-21-16(19)9-18(27-21)20-17-8-14(12-26-22(17)29-28-20)15-10-23-13-24-11-15/h2-3,8-13H,4-7H2,1H3,(H,25,27)(H,26,28,29). The first-order valence-electron chi connectivity index (χ1n) is 10.3. The highest BCUT2D eigenvalue weighted by atomic mass is 15.2. The molecule has 0 aromatic carbocycles. The number of H-pyrrole nitrogens is 2. The maximum atomic E-state index is 4.57. The fraction of sp³-hybridized carbons (Fsp3) is 0.227. The van der Waals surface area contributed by atoms with Gasteiger partial charge in [-0.05, 0) is 25.2 Å². The summed E-state index contributed by atoms with van der Waals surface area (Å²) in [5, 5.41) is 9.60. The second-order valence-electron chi connectivity index (χ2n) is 7.89. The molecule has 0 radical (unpaired) electrons. The molecule has 1 saturated heterocycles. The number of aromatic nitrogens is 7. The van der Waals surface area contributed by atoms with Crippen molar-refractivity contribution in [1.29, 1.82) is 0 Å². The fourth-order valence-corrected chi connectivity index (χ4v) is 4.18. The fourth-order valence-electron chi connectivity index (χ4n) is 4.18. The summed E-state index contributed by atoms with van der Waals surface area (Å²) in [6.07, 6.45) is 8.75. The first-order valence-corrected chi connectivity index (χ1v) is 10.3. The van der Waals surface area contributed by atoms with Crippen molar-refractivity contribution >= 4 is 27.8 Å². The third-order valence-corrected chi connectivity index (χ3v) is 5.93. The number of nitrogens with zero attached hydrogens (tertiary/aromatic N) is 7. The molecule has 6 rings (SSSR count). The van der Waals surface area contributed by atoms with Gasteiger partial charge in [0.1, 0.15) is 12.0 Å². The number of hydrogen-bond donors (Lipinski definition) is 2. The molecule has 0 atom stereocenters. The van der Waals surface area contributed by atoms with Crippen LogP contribution in [0.1, 0.15) is 0 Å². The minimum atomic E-state index is 0.668. The predicted octanol–water partition coefficient (Wildman–Crippen LogP) is 2.71. The number of piperazine rings is 1. The Bertz CT molecular complexity index is 1360. The summed E-state index contributed by atoms with van der Waals surface area (Å²) >= 11 is 0. The van der Waals surface area contributed by atoms with Crippen LogP contribution in [0.15, 0.2) is 49.3 Å². The zero-order valence-electron chi connectivity index (χ0n) is 17.1. The lowest BCUT2D eigenvalue weighted by molar-refractivity contribution is 0.313. The van der Waals surface area contributed by atoms with Crippen LogP contribution in [-0.2, 0) is 0 Å². The average Bonchev–Trinajstić information content (AvgIpc) is 3.43. The molecule has 0 bridgehead atoms. The van der Waals surface area contributed by atoms with Gasteiger partial charge in [-0.25, -0.2) is 19.9 Å². The van der Waals surface area contributed by atoms with Crippen LogP contribution in [0, 0.1) is 0 Å². The molecule has 1 aliphatic rings. The van der Waals surface area contributed by atoms with Gasteiger partial charge in [-0.3, -0.25) is 5.10 Å². The van der Waals surface area contributed by atoms with Crippen LogP contribution in [0.4, 0.5) is 5.69 Å². The average molecular weight is 411 g/mol. The second kappa shape index (κ2) is 7.13. The van der Waals surface area contributed by atoms with Gasteiger partial charge in [-0.2, -0.15) is 5.10 Å². The zero-order chi connectivity index (χ0) is 20.8. The Morgan fingerprint density at radius 2 is 1.74 bits per heavy atom. The van der Waals surface area contributed by atoms with Crippen molar-refractivity contribution in [1.82, 2.24) is 40.0 Å². The topological polar surface area (TPSA) is 103 Å². The normalized spacial score (nSPS) is 15.2. The van der Waals surface area contributed by atoms with Gasteiger partial charge in [0, 0.05) is 78.6 Å². The van der Waals surface area contributed by atoms with Crippen molar-refractivity contribution < 1.29 is 0 Å². The molecule has 9 nitrogen and oxygen atoms in total. The molecule has 6 heterocycles. The molecule has 31 heavy (non-hydrogen) atoms. The van der Waals surface area contributed by atoms with E-state index in [0.29, 0.717) is 5.65 Å². The molecule has 5 aromatic rings. The molecule has 5 aromatic heterocycles. The molecule has 0 saturated carbocycles. The van der Waals surface area contributed by atoms with Crippen molar-refractivity contribution in [2.24, 2.45) is 0 Å². The number of anilines is 1. The molecule has 0 amide bonds. The van der Waals surface area contributed by atoms with Crippen LogP contribution in [0.5, 0.6) is 0 Å². The number of pyridine rings is 2. The lowest BCUT2D eigenvalue weighted by atomic mass is 10.1. The van der Waals surface area contributed by atoms with E-state index in [9.17, 15) is 0 Å². The lowest BCUT2D eigenvalue weighted by Gasteiger charge is -2.34. The Labute approximate surface area is 178 Å². The Morgan fingerprint density at radius 1 is 0.903 bits per heavy atom. The minimum Gasteiger partial charge on any atom is -0.368 e. The van der Waals surface area contributed by atoms with E-state index in [1.165, 1.54) is 12.0 Å². The van der Waals surface area contributed by atoms with Crippen LogP contribution in [-0.4, -0.2) is 73.2 Å². The lowest BCUT2D eigenvalue weighted by Crippen LogP contribution is -2.44. The van der Waals surface area contributed by atoms with E-state index in [1.807, 2.05) is 6.20 Å². The maximum absolute atomic E-state index is 4.57. The van der Waals surface area contributed by atoms with Crippen LogP contribution in [0.2, 0.25) is 0 Å². The van der Waals surface area contributed by atoms with Crippen molar-refractivity contribution in [3.05, 3.63) is 49.3 Å². The highest BCUT2D eigenvalue weighted by Gasteiger charge is 2.19. The van der Waals surface area contributed by atoms with E-state index >= 15 is 0 Å². The quantitative estimate of drug-likeness (QED) is 0.471. The third-order valence-electron chi connectivity index (χ3n) is 5.93. The Kier molecular flexibility index (Phi) is 4.13. The van der Waals surface area contributed by atoms with Gasteiger partial charge in [-0.1, -0.05) is 0 Å². The summed E-state index contributed by atoms with van der Waals surface area (Å²) in [5.74, 6) is 0. The zero-order valence-corrected chi connectivity index (χ0v) is 17.1. The maximum Gasteiger partial charge on any atom is 0.181 e. The third kappa shape index (κ3) is 3.10. The highest BCUT2D eigenvalue weighted by molar-refractivity contribution is 5.98. The van der Waals surface area contributed by atoms with E-state index < -0.39 is 0 Å². The number of nitrogens with one attached hydrogen (secondary N) is 2. The van der Waals surface area contributed by atoms with E-state index in [2.05, 4.69) is 70.2 Å². The highest BCUT2D eigenvalue weighted by Crippen LogP contribution is 2.33. The molecular formula is C22H21N9. The first-order chi connectivity index (χ1) is 15.3. The van der Waals surface area contributed by atoms with Crippen LogP contribution in [0.3, 0.4) is 0 Å². The van der Waals surface area contributed by atoms with Crippen molar-refractivity contribution in [2.45, 2.75) is 0 Å². The summed E-state index contributed by atoms with van der Waals surface area (Å²) in [7, 11) is 2.17. The second-order valence-corrected chi connectivity index (χ2v) is 7.89. The summed E-state index contributed by atoms with van der Waals surface area (Å²) < 4.78 is 0. The van der Waals surface area contributed by atoms with Crippen molar-refractivity contribution in [3.8, 4) is 22.5 Å². The summed E-state index contributed by atoms with van der Waals surface area (Å²) in [5.41, 5.74) is 6.45. The molecule has 0 aliphatic carbocycles. The molecular weight excluding hydrogens is 390 g/mol. The molecule has 1 aliphatic heterocycles. The monoisotopic (exact) mass is 411 g/mol. The Morgan fingerprint density at radius 3 is 2.58 bits per heavy atom. The summed E-state index contributed by atoms with van der Waals surface area (Å²) in [4.78, 5) is 25.6. The number of aromatic amines is 2. The van der Waals surface area contributed by atoms with Gasteiger partial charge in [0.2, 0.25) is 0 Å². The smallest absolute Gasteiger partial charge is 0.181 e. The molecule has 1 fully saturated rings. The van der Waals surface area contributed by atoms with Crippen LogP contribution in [0.25, 0.3) is 44.6 Å². The molecule has 0 unspecified atom stereocenters. The molecule has 0 spiro atoms. The Hall–Kier alpha value is -3.85. The van der Waals surface area contributed by atoms with Crippen molar-refractivity contribution in [2.75, 3.05) is 38.1 Å².